The van der Waals surface area contributed by atoms with E-state index in [4.69, 9.17) is 9.72 Å². The average Bonchev–Trinajstić information content (AvgIpc) is 3.46. The van der Waals surface area contributed by atoms with Crippen LogP contribution < -0.4 is 20.3 Å². The lowest BCUT2D eigenvalue weighted by atomic mass is 10.1. The number of aliphatic hydroxyl groups is 1. The fourth-order valence-corrected chi connectivity index (χ4v) is 4.97. The summed E-state index contributed by atoms with van der Waals surface area (Å²) in [6, 6.07) is 14.7. The minimum Gasteiger partial charge on any atom is -0.496 e. The van der Waals surface area contributed by atoms with E-state index in [-0.39, 0.29) is 11.8 Å². The monoisotopic (exact) mass is 480 g/mol. The molecule has 0 aliphatic carbocycles. The molecule has 1 saturated heterocycles. The molecular weight excluding hydrogens is 452 g/mol. The Labute approximate surface area is 202 Å². The summed E-state index contributed by atoms with van der Waals surface area (Å²) < 4.78 is 5.37. The molecule has 1 aromatic heterocycles. The van der Waals surface area contributed by atoms with Gasteiger partial charge in [0.1, 0.15) is 11.8 Å². The molecule has 4 rings (SSSR count). The van der Waals surface area contributed by atoms with Crippen molar-refractivity contribution in [1.82, 2.24) is 10.3 Å². The summed E-state index contributed by atoms with van der Waals surface area (Å²) in [6.45, 7) is 2.30. The van der Waals surface area contributed by atoms with Crippen LogP contribution in [-0.2, 0) is 16.0 Å². The summed E-state index contributed by atoms with van der Waals surface area (Å²) in [7, 11) is 1.63. The van der Waals surface area contributed by atoms with Crippen molar-refractivity contribution in [2.75, 3.05) is 30.4 Å². The molecule has 1 aliphatic heterocycles. The maximum Gasteiger partial charge on any atom is 0.242 e. The summed E-state index contributed by atoms with van der Waals surface area (Å²) in [5.74, 6) is 0.557. The van der Waals surface area contributed by atoms with Crippen LogP contribution in [0, 0.1) is 0 Å². The molecule has 1 unspecified atom stereocenters. The van der Waals surface area contributed by atoms with Crippen LogP contribution in [0.4, 0.5) is 10.8 Å². The number of aromatic nitrogens is 1. The van der Waals surface area contributed by atoms with Crippen molar-refractivity contribution >= 4 is 34.0 Å². The first-order valence-electron chi connectivity index (χ1n) is 11.1. The number of aliphatic hydroxyl groups excluding tert-OH is 1. The van der Waals surface area contributed by atoms with Gasteiger partial charge in [-0.25, -0.2) is 4.98 Å². The van der Waals surface area contributed by atoms with E-state index in [2.05, 4.69) is 10.6 Å². The molecule has 0 saturated carbocycles. The van der Waals surface area contributed by atoms with E-state index in [1.165, 1.54) is 18.3 Å². The van der Waals surface area contributed by atoms with E-state index in [0.29, 0.717) is 31.1 Å². The lowest BCUT2D eigenvalue weighted by Crippen LogP contribution is -2.44. The third-order valence-corrected chi connectivity index (χ3v) is 6.58. The third kappa shape index (κ3) is 5.55. The van der Waals surface area contributed by atoms with Gasteiger partial charge in [0.2, 0.25) is 11.8 Å². The smallest absolute Gasteiger partial charge is 0.242 e. The number of ether oxygens (including phenoxy) is 1. The Balaban J connectivity index is 1.41. The molecule has 1 fully saturated rings. The minimum absolute atomic E-state index is 0.122. The SMILES string of the molecule is COc1ccccc1CCNC(=O)[C@@H]1CC(O)CN1c1nc(-c2ccc(NC(C)=O)cc2)cs1. The van der Waals surface area contributed by atoms with Crippen molar-refractivity contribution in [1.29, 1.82) is 0 Å². The normalized spacial score (nSPS) is 17.4. The number of nitrogens with zero attached hydrogens (tertiary/aromatic N) is 2. The number of benzene rings is 2. The zero-order valence-electron chi connectivity index (χ0n) is 19.2. The zero-order chi connectivity index (χ0) is 24.1. The first-order chi connectivity index (χ1) is 16.4. The summed E-state index contributed by atoms with van der Waals surface area (Å²) in [4.78, 5) is 30.8. The van der Waals surface area contributed by atoms with Crippen LogP contribution in [0.5, 0.6) is 5.75 Å². The predicted molar refractivity (Wildman–Crippen MR) is 133 cm³/mol. The topological polar surface area (TPSA) is 104 Å². The first kappa shape index (κ1) is 23.7. The lowest BCUT2D eigenvalue weighted by molar-refractivity contribution is -0.122. The van der Waals surface area contributed by atoms with Crippen molar-refractivity contribution in [2.24, 2.45) is 0 Å². The van der Waals surface area contributed by atoms with Crippen LogP contribution >= 0.6 is 11.3 Å². The molecule has 0 radical (unpaired) electrons. The van der Waals surface area contributed by atoms with Gasteiger partial charge in [-0.15, -0.1) is 11.3 Å². The highest BCUT2D eigenvalue weighted by Crippen LogP contribution is 2.32. The van der Waals surface area contributed by atoms with E-state index >= 15 is 0 Å². The second-order valence-corrected chi connectivity index (χ2v) is 9.02. The van der Waals surface area contributed by atoms with Gasteiger partial charge >= 0.3 is 0 Å². The molecule has 34 heavy (non-hydrogen) atoms. The maximum absolute atomic E-state index is 13.0. The zero-order valence-corrected chi connectivity index (χ0v) is 20.0. The van der Waals surface area contributed by atoms with Crippen LogP contribution in [0.1, 0.15) is 18.9 Å². The molecule has 3 N–H and O–H groups in total. The Morgan fingerprint density at radius 2 is 1.97 bits per heavy atom. The fourth-order valence-electron chi connectivity index (χ4n) is 4.08. The predicted octanol–water partition coefficient (Wildman–Crippen LogP) is 3.08. The van der Waals surface area contributed by atoms with Gasteiger partial charge in [0.25, 0.3) is 0 Å². The molecule has 8 nitrogen and oxygen atoms in total. The summed E-state index contributed by atoms with van der Waals surface area (Å²) in [6.07, 6.45) is 0.427. The quantitative estimate of drug-likeness (QED) is 0.458. The number of carbonyl (C=O) groups is 2. The number of methoxy groups -OCH3 is 1. The van der Waals surface area contributed by atoms with Gasteiger partial charge in [-0.2, -0.15) is 0 Å². The molecule has 3 aromatic rings. The number of nitrogens with one attached hydrogen (secondary N) is 2. The number of hydrogen-bond donors (Lipinski definition) is 3. The van der Waals surface area contributed by atoms with Gasteiger partial charge < -0.3 is 25.4 Å². The molecule has 9 heteroatoms. The lowest BCUT2D eigenvalue weighted by Gasteiger charge is -2.23. The largest absolute Gasteiger partial charge is 0.496 e. The maximum atomic E-state index is 13.0. The van der Waals surface area contributed by atoms with Gasteiger partial charge in [-0.3, -0.25) is 9.59 Å². The molecular formula is C25H28N4O4S. The van der Waals surface area contributed by atoms with Gasteiger partial charge in [0.05, 0.1) is 18.9 Å². The highest BCUT2D eigenvalue weighted by molar-refractivity contribution is 7.14. The number of para-hydroxylation sites is 1. The van der Waals surface area contributed by atoms with E-state index in [1.807, 2.05) is 58.8 Å². The van der Waals surface area contributed by atoms with Crippen LogP contribution in [0.25, 0.3) is 11.3 Å². The number of β-amino-alcohol motifs (C(OH)–C–C–N with tert-alkyl or cyclic N) is 1. The molecule has 0 bridgehead atoms. The molecule has 178 valence electrons. The molecule has 2 atom stereocenters. The Morgan fingerprint density at radius 1 is 1.21 bits per heavy atom. The van der Waals surface area contributed by atoms with E-state index in [9.17, 15) is 14.7 Å². The molecule has 0 spiro atoms. The van der Waals surface area contributed by atoms with Crippen molar-refractivity contribution in [3.05, 3.63) is 59.5 Å². The Hall–Kier alpha value is -3.43. The highest BCUT2D eigenvalue weighted by atomic mass is 32.1. The standard InChI is InChI=1S/C25H28N4O4S/c1-16(30)27-19-9-7-17(8-10-19)21-15-34-25(28-21)29-14-20(31)13-22(29)24(32)26-12-11-18-5-3-4-6-23(18)33-2/h3-10,15,20,22,31H,11-14H2,1-2H3,(H,26,32)(H,27,30)/t20?,22-/m0/s1. The number of amides is 2. The second-order valence-electron chi connectivity index (χ2n) is 8.18. The Kier molecular flexibility index (Phi) is 7.44. The number of thiazole rings is 1. The van der Waals surface area contributed by atoms with Crippen molar-refractivity contribution in [3.8, 4) is 17.0 Å². The van der Waals surface area contributed by atoms with Crippen LogP contribution in [0.2, 0.25) is 0 Å². The first-order valence-corrected chi connectivity index (χ1v) is 12.0. The van der Waals surface area contributed by atoms with Crippen molar-refractivity contribution < 1.29 is 19.4 Å². The molecule has 2 heterocycles. The van der Waals surface area contributed by atoms with Gasteiger partial charge in [0.15, 0.2) is 5.13 Å². The van der Waals surface area contributed by atoms with Crippen LogP contribution in [-0.4, -0.2) is 54.2 Å². The second kappa shape index (κ2) is 10.7. The number of hydrogen-bond acceptors (Lipinski definition) is 7. The average molecular weight is 481 g/mol. The van der Waals surface area contributed by atoms with E-state index in [0.717, 1.165) is 28.3 Å². The van der Waals surface area contributed by atoms with Gasteiger partial charge in [0, 0.05) is 43.1 Å². The molecule has 2 aromatic carbocycles. The van der Waals surface area contributed by atoms with E-state index < -0.39 is 12.1 Å². The van der Waals surface area contributed by atoms with Crippen molar-refractivity contribution in [3.63, 3.8) is 0 Å². The van der Waals surface area contributed by atoms with Crippen LogP contribution in [0.15, 0.2) is 53.9 Å². The van der Waals surface area contributed by atoms with Gasteiger partial charge in [-0.05, 0) is 30.2 Å². The minimum atomic E-state index is -0.589. The number of carbonyl (C=O) groups excluding carboxylic acids is 2. The summed E-state index contributed by atoms with van der Waals surface area (Å²) in [5.41, 5.74) is 3.45. The third-order valence-electron chi connectivity index (χ3n) is 5.71. The number of rotatable bonds is 8. The molecule has 2 amide bonds. The fraction of sp³-hybridized carbons (Fsp3) is 0.320. The summed E-state index contributed by atoms with van der Waals surface area (Å²) >= 11 is 1.44. The summed E-state index contributed by atoms with van der Waals surface area (Å²) in [5, 5.41) is 18.7. The van der Waals surface area contributed by atoms with E-state index in [1.54, 1.807) is 7.11 Å². The van der Waals surface area contributed by atoms with Crippen LogP contribution in [0.3, 0.4) is 0 Å². The number of anilines is 2. The van der Waals surface area contributed by atoms with Gasteiger partial charge in [-0.1, -0.05) is 30.3 Å². The highest BCUT2D eigenvalue weighted by Gasteiger charge is 2.37. The van der Waals surface area contributed by atoms with Crippen molar-refractivity contribution in [2.45, 2.75) is 31.9 Å². The Morgan fingerprint density at radius 3 is 2.71 bits per heavy atom. The molecule has 1 aliphatic rings. The Bertz CT molecular complexity index is 1150.